The summed E-state index contributed by atoms with van der Waals surface area (Å²) in [7, 11) is 4.19. The molecule has 1 unspecified atom stereocenters. The van der Waals surface area contributed by atoms with Gasteiger partial charge in [-0.2, -0.15) is 0 Å². The van der Waals surface area contributed by atoms with E-state index in [2.05, 4.69) is 58.6 Å². The molecule has 4 heteroatoms. The fourth-order valence-electron chi connectivity index (χ4n) is 1.33. The van der Waals surface area contributed by atoms with Gasteiger partial charge in [-0.05, 0) is 48.4 Å². The summed E-state index contributed by atoms with van der Waals surface area (Å²) in [6.45, 7) is 4.23. The number of hydrogen-bond donors (Lipinski definition) is 1. The van der Waals surface area contributed by atoms with E-state index in [9.17, 15) is 0 Å². The van der Waals surface area contributed by atoms with Gasteiger partial charge in [-0.25, -0.2) is 0 Å². The number of thiophene rings is 1. The number of halogens is 1. The summed E-state index contributed by atoms with van der Waals surface area (Å²) >= 11 is 5.31. The number of rotatable bonds is 5. The largest absolute Gasteiger partial charge is 0.308 e. The van der Waals surface area contributed by atoms with Crippen LogP contribution in [0, 0.1) is 0 Å². The van der Waals surface area contributed by atoms with E-state index in [1.165, 1.54) is 9.35 Å². The zero-order chi connectivity index (χ0) is 10.6. The maximum absolute atomic E-state index is 3.53. The first-order valence-electron chi connectivity index (χ1n) is 4.69. The maximum atomic E-state index is 3.53. The van der Waals surface area contributed by atoms with Crippen LogP contribution in [0.15, 0.2) is 15.9 Å². The van der Waals surface area contributed by atoms with E-state index >= 15 is 0 Å². The molecule has 80 valence electrons. The number of likely N-dealkylation sites (N-methyl/N-ethyl adjacent to an activating group) is 1. The molecule has 14 heavy (non-hydrogen) atoms. The van der Waals surface area contributed by atoms with Crippen molar-refractivity contribution in [2.24, 2.45) is 0 Å². The van der Waals surface area contributed by atoms with E-state index in [1.807, 2.05) is 0 Å². The van der Waals surface area contributed by atoms with Gasteiger partial charge in [0.25, 0.3) is 0 Å². The smallest absolute Gasteiger partial charge is 0.0327 e. The van der Waals surface area contributed by atoms with Gasteiger partial charge in [-0.3, -0.25) is 0 Å². The molecule has 1 aromatic rings. The predicted octanol–water partition coefficient (Wildman–Crippen LogP) is 2.55. The molecule has 0 aliphatic heterocycles. The van der Waals surface area contributed by atoms with E-state index < -0.39 is 0 Å². The SMILES string of the molecule is CC(CN(C)C)NCc1sccc1Br. The summed E-state index contributed by atoms with van der Waals surface area (Å²) in [5.41, 5.74) is 0. The highest BCUT2D eigenvalue weighted by atomic mass is 79.9. The molecule has 0 bridgehead atoms. The van der Waals surface area contributed by atoms with Crippen molar-refractivity contribution in [2.45, 2.75) is 19.5 Å². The summed E-state index contributed by atoms with van der Waals surface area (Å²) in [4.78, 5) is 3.57. The third kappa shape index (κ3) is 4.09. The lowest BCUT2D eigenvalue weighted by Crippen LogP contribution is -2.35. The van der Waals surface area contributed by atoms with Gasteiger partial charge in [0.2, 0.25) is 0 Å². The first-order chi connectivity index (χ1) is 6.59. The lowest BCUT2D eigenvalue weighted by Gasteiger charge is -2.17. The van der Waals surface area contributed by atoms with Crippen molar-refractivity contribution in [3.05, 3.63) is 20.8 Å². The minimum Gasteiger partial charge on any atom is -0.308 e. The summed E-state index contributed by atoms with van der Waals surface area (Å²) < 4.78 is 1.21. The van der Waals surface area contributed by atoms with Crippen molar-refractivity contribution in [3.8, 4) is 0 Å². The van der Waals surface area contributed by atoms with Crippen molar-refractivity contribution in [1.82, 2.24) is 10.2 Å². The van der Waals surface area contributed by atoms with Crippen LogP contribution in [0.4, 0.5) is 0 Å². The van der Waals surface area contributed by atoms with E-state index in [0.29, 0.717) is 6.04 Å². The van der Waals surface area contributed by atoms with Gasteiger partial charge in [0, 0.05) is 28.5 Å². The topological polar surface area (TPSA) is 15.3 Å². The molecular formula is C10H17BrN2S. The molecule has 0 aliphatic carbocycles. The first kappa shape index (κ1) is 12.2. The fourth-order valence-corrected chi connectivity index (χ4v) is 2.77. The molecule has 0 fully saturated rings. The quantitative estimate of drug-likeness (QED) is 0.889. The minimum absolute atomic E-state index is 0.527. The van der Waals surface area contributed by atoms with Crippen molar-refractivity contribution in [3.63, 3.8) is 0 Å². The minimum atomic E-state index is 0.527. The monoisotopic (exact) mass is 276 g/mol. The molecule has 1 rings (SSSR count). The van der Waals surface area contributed by atoms with Crippen LogP contribution in [-0.2, 0) is 6.54 Å². The predicted molar refractivity (Wildman–Crippen MR) is 66.9 cm³/mol. The molecule has 0 spiro atoms. The second-order valence-electron chi connectivity index (χ2n) is 3.74. The molecule has 1 aromatic heterocycles. The average Bonchev–Trinajstić information content (AvgIpc) is 2.46. The number of hydrogen-bond acceptors (Lipinski definition) is 3. The van der Waals surface area contributed by atoms with Gasteiger partial charge in [-0.1, -0.05) is 0 Å². The van der Waals surface area contributed by atoms with Crippen LogP contribution in [0.5, 0.6) is 0 Å². The Morgan fingerprint density at radius 3 is 2.79 bits per heavy atom. The zero-order valence-corrected chi connectivity index (χ0v) is 11.3. The average molecular weight is 277 g/mol. The van der Waals surface area contributed by atoms with E-state index in [-0.39, 0.29) is 0 Å². The molecule has 2 nitrogen and oxygen atoms in total. The van der Waals surface area contributed by atoms with Crippen LogP contribution in [0.2, 0.25) is 0 Å². The molecular weight excluding hydrogens is 260 g/mol. The molecule has 1 atom stereocenters. The number of nitrogens with zero attached hydrogens (tertiary/aromatic N) is 1. The van der Waals surface area contributed by atoms with Crippen LogP contribution < -0.4 is 5.32 Å². The van der Waals surface area contributed by atoms with E-state index in [4.69, 9.17) is 0 Å². The molecule has 1 N–H and O–H groups in total. The molecule has 0 saturated heterocycles. The van der Waals surface area contributed by atoms with E-state index in [1.54, 1.807) is 11.3 Å². The van der Waals surface area contributed by atoms with E-state index in [0.717, 1.165) is 13.1 Å². The Hall–Kier alpha value is 0.100. The van der Waals surface area contributed by atoms with Gasteiger partial charge in [0.15, 0.2) is 0 Å². The lowest BCUT2D eigenvalue weighted by molar-refractivity contribution is 0.349. The Morgan fingerprint density at radius 2 is 2.29 bits per heavy atom. The molecule has 1 heterocycles. The number of nitrogens with one attached hydrogen (secondary N) is 1. The van der Waals surface area contributed by atoms with Gasteiger partial charge in [0.05, 0.1) is 0 Å². The Morgan fingerprint density at radius 1 is 1.57 bits per heavy atom. The lowest BCUT2D eigenvalue weighted by atomic mass is 10.3. The first-order valence-corrected chi connectivity index (χ1v) is 6.37. The summed E-state index contributed by atoms with van der Waals surface area (Å²) in [6.07, 6.45) is 0. The summed E-state index contributed by atoms with van der Waals surface area (Å²) in [5, 5.41) is 5.60. The maximum Gasteiger partial charge on any atom is 0.0327 e. The summed E-state index contributed by atoms with van der Waals surface area (Å²) in [6, 6.07) is 2.62. The van der Waals surface area contributed by atoms with Crippen LogP contribution in [0.3, 0.4) is 0 Å². The van der Waals surface area contributed by atoms with Crippen molar-refractivity contribution in [2.75, 3.05) is 20.6 Å². The molecule has 0 aromatic carbocycles. The molecule has 0 aliphatic rings. The summed E-state index contributed by atoms with van der Waals surface area (Å²) in [5.74, 6) is 0. The Balaban J connectivity index is 2.30. The fraction of sp³-hybridized carbons (Fsp3) is 0.600. The Bertz CT molecular complexity index is 273. The van der Waals surface area contributed by atoms with Gasteiger partial charge < -0.3 is 10.2 Å². The second kappa shape index (κ2) is 5.85. The van der Waals surface area contributed by atoms with Gasteiger partial charge >= 0.3 is 0 Å². The highest BCUT2D eigenvalue weighted by Gasteiger charge is 2.05. The Kier molecular flexibility index (Phi) is 5.09. The second-order valence-corrected chi connectivity index (χ2v) is 5.59. The Labute approximate surface area is 98.4 Å². The van der Waals surface area contributed by atoms with Gasteiger partial charge in [0.1, 0.15) is 0 Å². The van der Waals surface area contributed by atoms with Crippen LogP contribution in [0.1, 0.15) is 11.8 Å². The third-order valence-corrected chi connectivity index (χ3v) is 3.87. The zero-order valence-electron chi connectivity index (χ0n) is 8.88. The van der Waals surface area contributed by atoms with Crippen LogP contribution in [-0.4, -0.2) is 31.6 Å². The third-order valence-electron chi connectivity index (χ3n) is 1.94. The molecule has 0 saturated carbocycles. The van der Waals surface area contributed by atoms with Crippen molar-refractivity contribution >= 4 is 27.3 Å². The standard InChI is InChI=1S/C10H17BrN2S/c1-8(7-13(2)3)12-6-10-9(11)4-5-14-10/h4-5,8,12H,6-7H2,1-3H3. The van der Waals surface area contributed by atoms with Crippen LogP contribution >= 0.6 is 27.3 Å². The highest BCUT2D eigenvalue weighted by molar-refractivity contribution is 9.10. The van der Waals surface area contributed by atoms with Crippen molar-refractivity contribution < 1.29 is 0 Å². The highest BCUT2D eigenvalue weighted by Crippen LogP contribution is 2.22. The van der Waals surface area contributed by atoms with Gasteiger partial charge in [-0.15, -0.1) is 11.3 Å². The van der Waals surface area contributed by atoms with Crippen LogP contribution in [0.25, 0.3) is 0 Å². The molecule has 0 radical (unpaired) electrons. The normalized spacial score (nSPS) is 13.5. The van der Waals surface area contributed by atoms with Crippen molar-refractivity contribution in [1.29, 1.82) is 0 Å². The molecule has 0 amide bonds.